The average molecular weight is 409 g/mol. The third-order valence-electron chi connectivity index (χ3n) is 5.30. The number of benzene rings is 2. The molecule has 0 spiro atoms. The molecule has 2 aromatic rings. The number of rotatable bonds is 5. The van der Waals surface area contributed by atoms with Crippen LogP contribution in [0.4, 0.5) is 10.5 Å². The normalized spacial score (nSPS) is 19.8. The Balaban J connectivity index is 1.44. The van der Waals surface area contributed by atoms with Crippen molar-refractivity contribution in [2.45, 2.75) is 32.7 Å². The Labute approximate surface area is 174 Å². The number of hydrogen-bond acceptors (Lipinski definition) is 5. The molecule has 30 heavy (non-hydrogen) atoms. The van der Waals surface area contributed by atoms with E-state index in [0.717, 1.165) is 21.6 Å². The summed E-state index contributed by atoms with van der Waals surface area (Å²) in [7, 11) is 0. The fourth-order valence-electron chi connectivity index (χ4n) is 3.76. The molecule has 0 aromatic heterocycles. The quantitative estimate of drug-likeness (QED) is 0.740. The van der Waals surface area contributed by atoms with Gasteiger partial charge in [0.25, 0.3) is 5.91 Å². The van der Waals surface area contributed by atoms with Gasteiger partial charge in [-0.05, 0) is 50.1 Å². The molecule has 2 aliphatic heterocycles. The van der Waals surface area contributed by atoms with E-state index in [1.54, 1.807) is 25.1 Å². The van der Waals surface area contributed by atoms with E-state index in [-0.39, 0.29) is 19.8 Å². The van der Waals surface area contributed by atoms with Crippen LogP contribution in [0.15, 0.2) is 36.4 Å². The van der Waals surface area contributed by atoms with Gasteiger partial charge in [-0.15, -0.1) is 0 Å². The van der Waals surface area contributed by atoms with Crippen molar-refractivity contribution in [2.75, 3.05) is 18.7 Å². The van der Waals surface area contributed by atoms with Crippen molar-refractivity contribution >= 4 is 23.5 Å². The van der Waals surface area contributed by atoms with E-state index in [1.807, 2.05) is 32.0 Å². The molecule has 2 heterocycles. The van der Waals surface area contributed by atoms with Crippen LogP contribution in [-0.4, -0.2) is 41.6 Å². The molecule has 2 aliphatic rings. The number of amides is 4. The van der Waals surface area contributed by atoms with Crippen LogP contribution in [0.3, 0.4) is 0 Å². The lowest BCUT2D eigenvalue weighted by Crippen LogP contribution is -2.46. The molecular weight excluding hydrogens is 386 g/mol. The number of carbonyl (C=O) groups is 3. The number of carbonyl (C=O) groups excluding carboxylic acids is 3. The van der Waals surface area contributed by atoms with Crippen LogP contribution in [0.1, 0.15) is 23.6 Å². The SMILES string of the molecule is Cc1ccc(NC(=O)CN2C(=O)NC(C)(Cc3ccc4c(c3)OCO4)C2=O)c(C)c1. The number of imide groups is 1. The Hall–Kier alpha value is -3.55. The summed E-state index contributed by atoms with van der Waals surface area (Å²) < 4.78 is 10.7. The first kappa shape index (κ1) is 19.8. The van der Waals surface area contributed by atoms with E-state index in [9.17, 15) is 14.4 Å². The van der Waals surface area contributed by atoms with E-state index < -0.39 is 23.4 Å². The monoisotopic (exact) mass is 409 g/mol. The fourth-order valence-corrected chi connectivity index (χ4v) is 3.76. The molecule has 1 saturated heterocycles. The van der Waals surface area contributed by atoms with Gasteiger partial charge < -0.3 is 20.1 Å². The number of nitrogens with zero attached hydrogens (tertiary/aromatic N) is 1. The van der Waals surface area contributed by atoms with Crippen LogP contribution in [0.25, 0.3) is 0 Å². The van der Waals surface area contributed by atoms with Crippen molar-refractivity contribution in [3.05, 3.63) is 53.1 Å². The lowest BCUT2D eigenvalue weighted by atomic mass is 9.92. The molecule has 2 N–H and O–H groups in total. The minimum atomic E-state index is -1.15. The predicted octanol–water partition coefficient (Wildman–Crippen LogP) is 2.52. The Morgan fingerprint density at radius 3 is 2.67 bits per heavy atom. The zero-order valence-corrected chi connectivity index (χ0v) is 17.1. The first-order valence-electron chi connectivity index (χ1n) is 9.65. The molecule has 1 fully saturated rings. The maximum absolute atomic E-state index is 13.0. The van der Waals surface area contributed by atoms with Gasteiger partial charge in [-0.2, -0.15) is 0 Å². The van der Waals surface area contributed by atoms with Gasteiger partial charge in [-0.25, -0.2) is 4.79 Å². The summed E-state index contributed by atoms with van der Waals surface area (Å²) >= 11 is 0. The Kier molecular flexibility index (Phi) is 4.85. The molecule has 1 atom stereocenters. The zero-order chi connectivity index (χ0) is 21.5. The fraction of sp³-hybridized carbons (Fsp3) is 0.318. The van der Waals surface area contributed by atoms with Gasteiger partial charge in [0, 0.05) is 12.1 Å². The van der Waals surface area contributed by atoms with Crippen LogP contribution in [0.5, 0.6) is 11.5 Å². The second kappa shape index (κ2) is 7.37. The van der Waals surface area contributed by atoms with Crippen LogP contribution in [-0.2, 0) is 16.0 Å². The molecule has 0 radical (unpaired) electrons. The minimum absolute atomic E-state index is 0.162. The van der Waals surface area contributed by atoms with E-state index >= 15 is 0 Å². The van der Waals surface area contributed by atoms with Gasteiger partial charge in [-0.3, -0.25) is 14.5 Å². The van der Waals surface area contributed by atoms with Gasteiger partial charge in [0.15, 0.2) is 11.5 Å². The summed E-state index contributed by atoms with van der Waals surface area (Å²) in [6.07, 6.45) is 0.267. The summed E-state index contributed by atoms with van der Waals surface area (Å²) in [6, 6.07) is 10.5. The molecule has 156 valence electrons. The number of ether oxygens (including phenoxy) is 2. The van der Waals surface area contributed by atoms with E-state index in [2.05, 4.69) is 10.6 Å². The van der Waals surface area contributed by atoms with E-state index in [0.29, 0.717) is 17.2 Å². The summed E-state index contributed by atoms with van der Waals surface area (Å²) in [4.78, 5) is 38.9. The van der Waals surface area contributed by atoms with Crippen molar-refractivity contribution in [1.82, 2.24) is 10.2 Å². The van der Waals surface area contributed by atoms with Crippen molar-refractivity contribution in [3.63, 3.8) is 0 Å². The third-order valence-corrected chi connectivity index (χ3v) is 5.30. The molecule has 1 unspecified atom stereocenters. The molecule has 8 nitrogen and oxygen atoms in total. The molecule has 4 rings (SSSR count). The molecule has 4 amide bonds. The lowest BCUT2D eigenvalue weighted by molar-refractivity contribution is -0.133. The maximum Gasteiger partial charge on any atom is 0.325 e. The van der Waals surface area contributed by atoms with Gasteiger partial charge in [0.1, 0.15) is 12.1 Å². The Bertz CT molecular complexity index is 1050. The highest BCUT2D eigenvalue weighted by molar-refractivity contribution is 6.10. The number of fused-ring (bicyclic) bond motifs is 1. The number of aryl methyl sites for hydroxylation is 2. The summed E-state index contributed by atoms with van der Waals surface area (Å²) in [5, 5.41) is 5.49. The zero-order valence-electron chi connectivity index (χ0n) is 17.1. The Morgan fingerprint density at radius 1 is 1.13 bits per heavy atom. The first-order valence-corrected chi connectivity index (χ1v) is 9.65. The number of nitrogens with one attached hydrogen (secondary N) is 2. The number of anilines is 1. The molecule has 0 aliphatic carbocycles. The van der Waals surface area contributed by atoms with Gasteiger partial charge in [0.05, 0.1) is 0 Å². The second-order valence-electron chi connectivity index (χ2n) is 7.88. The van der Waals surface area contributed by atoms with Crippen molar-refractivity contribution in [1.29, 1.82) is 0 Å². The average Bonchev–Trinajstić information content (AvgIpc) is 3.22. The minimum Gasteiger partial charge on any atom is -0.454 e. The molecular formula is C22H23N3O5. The lowest BCUT2D eigenvalue weighted by Gasteiger charge is -2.22. The van der Waals surface area contributed by atoms with Crippen LogP contribution in [0.2, 0.25) is 0 Å². The van der Waals surface area contributed by atoms with Crippen LogP contribution in [0, 0.1) is 13.8 Å². The third kappa shape index (κ3) is 3.68. The van der Waals surface area contributed by atoms with Crippen LogP contribution < -0.4 is 20.1 Å². The molecule has 2 aromatic carbocycles. The topological polar surface area (TPSA) is 97.0 Å². The largest absolute Gasteiger partial charge is 0.454 e. The highest BCUT2D eigenvalue weighted by atomic mass is 16.7. The van der Waals surface area contributed by atoms with Crippen molar-refractivity contribution in [3.8, 4) is 11.5 Å². The van der Waals surface area contributed by atoms with Gasteiger partial charge in [-0.1, -0.05) is 23.8 Å². The highest BCUT2D eigenvalue weighted by Gasteiger charge is 2.48. The van der Waals surface area contributed by atoms with Gasteiger partial charge >= 0.3 is 6.03 Å². The smallest absolute Gasteiger partial charge is 0.325 e. The highest BCUT2D eigenvalue weighted by Crippen LogP contribution is 2.34. The number of urea groups is 1. The molecule has 0 saturated carbocycles. The molecule has 8 heteroatoms. The van der Waals surface area contributed by atoms with Crippen molar-refractivity contribution in [2.24, 2.45) is 0 Å². The van der Waals surface area contributed by atoms with Crippen LogP contribution >= 0.6 is 0 Å². The Morgan fingerprint density at radius 2 is 1.90 bits per heavy atom. The summed E-state index contributed by atoms with van der Waals surface area (Å²) in [5.41, 5.74) is 2.31. The number of hydrogen-bond donors (Lipinski definition) is 2. The second-order valence-corrected chi connectivity index (χ2v) is 7.88. The van der Waals surface area contributed by atoms with Crippen molar-refractivity contribution < 1.29 is 23.9 Å². The summed E-state index contributed by atoms with van der Waals surface area (Å²) in [5.74, 6) is 0.381. The first-order chi connectivity index (χ1) is 14.2. The molecule has 0 bridgehead atoms. The van der Waals surface area contributed by atoms with E-state index in [4.69, 9.17) is 9.47 Å². The standard InChI is InChI=1S/C22H23N3O5/c1-13-4-6-16(14(2)8-13)23-19(26)11-25-20(27)22(3,24-21(25)28)10-15-5-7-17-18(9-15)30-12-29-17/h4-9H,10-12H2,1-3H3,(H,23,26)(H,24,28). The maximum atomic E-state index is 13.0. The summed E-state index contributed by atoms with van der Waals surface area (Å²) in [6.45, 7) is 5.31. The van der Waals surface area contributed by atoms with E-state index in [1.165, 1.54) is 0 Å². The van der Waals surface area contributed by atoms with Gasteiger partial charge in [0.2, 0.25) is 12.7 Å². The predicted molar refractivity (Wildman–Crippen MR) is 109 cm³/mol.